The number of hydrogen-bond donors (Lipinski definition) is 1. The lowest BCUT2D eigenvalue weighted by Gasteiger charge is -2.19. The summed E-state index contributed by atoms with van der Waals surface area (Å²) in [6.45, 7) is 9.38. The van der Waals surface area contributed by atoms with Crippen LogP contribution >= 0.6 is 0 Å². The van der Waals surface area contributed by atoms with E-state index >= 15 is 0 Å². The van der Waals surface area contributed by atoms with Crippen LogP contribution in [-0.2, 0) is 4.74 Å². The Morgan fingerprint density at radius 3 is 2.70 bits per heavy atom. The molecule has 0 spiro atoms. The number of nitrogens with zero attached hydrogens (tertiary/aromatic N) is 2. The van der Waals surface area contributed by atoms with E-state index in [4.69, 9.17) is 4.74 Å². The number of nitrogens with one attached hydrogen (secondary N) is 1. The van der Waals surface area contributed by atoms with Gasteiger partial charge in [-0.15, -0.1) is 0 Å². The van der Waals surface area contributed by atoms with Crippen molar-refractivity contribution in [1.82, 2.24) is 9.55 Å². The van der Waals surface area contributed by atoms with Crippen LogP contribution in [-0.4, -0.2) is 29.3 Å². The van der Waals surface area contributed by atoms with E-state index in [-0.39, 0.29) is 0 Å². The zero-order valence-electron chi connectivity index (χ0n) is 13.8. The second-order valence-electron chi connectivity index (χ2n) is 5.81. The first-order valence-corrected chi connectivity index (χ1v) is 7.89. The Morgan fingerprint density at radius 1 is 1.30 bits per heavy atom. The van der Waals surface area contributed by atoms with Gasteiger partial charge >= 0.3 is 0 Å². The number of unbranched alkanes of at least 4 members (excludes halogenated alkanes) is 3. The molecule has 1 rings (SSSR count). The Labute approximate surface area is 123 Å². The van der Waals surface area contributed by atoms with E-state index in [2.05, 4.69) is 41.8 Å². The molecule has 20 heavy (non-hydrogen) atoms. The summed E-state index contributed by atoms with van der Waals surface area (Å²) in [5, 5.41) is 3.54. The van der Waals surface area contributed by atoms with Crippen LogP contribution in [0.2, 0.25) is 0 Å². The number of aryl methyl sites for hydroxylation is 1. The van der Waals surface area contributed by atoms with Crippen LogP contribution in [0.25, 0.3) is 0 Å². The van der Waals surface area contributed by atoms with E-state index in [1.54, 1.807) is 7.11 Å². The van der Waals surface area contributed by atoms with Crippen molar-refractivity contribution in [2.75, 3.05) is 19.0 Å². The number of hydrogen-bond acceptors (Lipinski definition) is 3. The molecule has 4 nitrogen and oxygen atoms in total. The first-order chi connectivity index (χ1) is 9.58. The third-order valence-electron chi connectivity index (χ3n) is 3.60. The maximum absolute atomic E-state index is 5.24. The molecular formula is C16H31N3O. The molecule has 1 aromatic heterocycles. The fourth-order valence-electron chi connectivity index (χ4n) is 2.45. The molecule has 2 unspecified atom stereocenters. The molecular weight excluding hydrogens is 250 g/mol. The quantitative estimate of drug-likeness (QED) is 0.654. The SMILES string of the molecule is CCCCCCC(C)Nc1nc(C)cn1C(C)COC. The van der Waals surface area contributed by atoms with Gasteiger partial charge in [0.2, 0.25) is 5.95 Å². The van der Waals surface area contributed by atoms with Gasteiger partial charge < -0.3 is 14.6 Å². The van der Waals surface area contributed by atoms with Crippen molar-refractivity contribution in [2.24, 2.45) is 0 Å². The fourth-order valence-corrected chi connectivity index (χ4v) is 2.45. The molecule has 0 aromatic carbocycles. The molecule has 0 saturated heterocycles. The lowest BCUT2D eigenvalue weighted by atomic mass is 10.1. The summed E-state index contributed by atoms with van der Waals surface area (Å²) in [5.74, 6) is 0.968. The van der Waals surface area contributed by atoms with Crippen molar-refractivity contribution in [2.45, 2.75) is 71.9 Å². The Bertz CT molecular complexity index is 376. The lowest BCUT2D eigenvalue weighted by Crippen LogP contribution is -2.20. The Kier molecular flexibility index (Phi) is 7.67. The number of methoxy groups -OCH3 is 1. The van der Waals surface area contributed by atoms with Crippen LogP contribution in [0, 0.1) is 6.92 Å². The van der Waals surface area contributed by atoms with Crippen molar-refractivity contribution in [3.05, 3.63) is 11.9 Å². The maximum Gasteiger partial charge on any atom is 0.203 e. The molecule has 0 fully saturated rings. The number of imidazole rings is 1. The third-order valence-corrected chi connectivity index (χ3v) is 3.60. The summed E-state index contributed by atoms with van der Waals surface area (Å²) < 4.78 is 7.42. The van der Waals surface area contributed by atoms with Crippen LogP contribution in [0.3, 0.4) is 0 Å². The first-order valence-electron chi connectivity index (χ1n) is 7.89. The van der Waals surface area contributed by atoms with Gasteiger partial charge in [0.05, 0.1) is 18.3 Å². The van der Waals surface area contributed by atoms with Crippen LogP contribution in [0.5, 0.6) is 0 Å². The predicted molar refractivity (Wildman–Crippen MR) is 85.4 cm³/mol. The molecule has 0 amide bonds. The Morgan fingerprint density at radius 2 is 2.05 bits per heavy atom. The molecule has 116 valence electrons. The van der Waals surface area contributed by atoms with Gasteiger partial charge in [0.25, 0.3) is 0 Å². The van der Waals surface area contributed by atoms with E-state index in [1.807, 2.05) is 6.92 Å². The largest absolute Gasteiger partial charge is 0.383 e. The number of rotatable bonds is 10. The molecule has 4 heteroatoms. The first kappa shape index (κ1) is 17.0. The predicted octanol–water partition coefficient (Wildman–Crippen LogP) is 4.17. The maximum atomic E-state index is 5.24. The highest BCUT2D eigenvalue weighted by Gasteiger charge is 2.13. The second kappa shape index (κ2) is 9.01. The van der Waals surface area contributed by atoms with Crippen molar-refractivity contribution in [3.63, 3.8) is 0 Å². The van der Waals surface area contributed by atoms with Crippen molar-refractivity contribution < 1.29 is 4.74 Å². The third kappa shape index (κ3) is 5.53. The van der Waals surface area contributed by atoms with Gasteiger partial charge in [-0.2, -0.15) is 0 Å². The molecule has 0 aliphatic rings. The summed E-state index contributed by atoms with van der Waals surface area (Å²) in [7, 11) is 1.74. The van der Waals surface area contributed by atoms with Crippen LogP contribution in [0.1, 0.15) is 64.6 Å². The van der Waals surface area contributed by atoms with Crippen molar-refractivity contribution >= 4 is 5.95 Å². The second-order valence-corrected chi connectivity index (χ2v) is 5.81. The van der Waals surface area contributed by atoms with Crippen molar-refractivity contribution in [1.29, 1.82) is 0 Å². The number of anilines is 1. The molecule has 0 aliphatic carbocycles. The highest BCUT2D eigenvalue weighted by molar-refractivity contribution is 5.30. The Hall–Kier alpha value is -1.03. The van der Waals surface area contributed by atoms with E-state index in [0.717, 1.165) is 11.6 Å². The minimum atomic E-state index is 0.302. The summed E-state index contributed by atoms with van der Waals surface area (Å²) in [6, 6.07) is 0.762. The van der Waals surface area contributed by atoms with Gasteiger partial charge in [-0.05, 0) is 27.2 Å². The van der Waals surface area contributed by atoms with E-state index in [1.165, 1.54) is 32.1 Å². The van der Waals surface area contributed by atoms with Gasteiger partial charge in [0, 0.05) is 19.3 Å². The monoisotopic (exact) mass is 281 g/mol. The summed E-state index contributed by atoms with van der Waals surface area (Å²) in [6.07, 6.45) is 8.54. The number of ether oxygens (including phenoxy) is 1. The van der Waals surface area contributed by atoms with Gasteiger partial charge in [-0.3, -0.25) is 0 Å². The topological polar surface area (TPSA) is 39.1 Å². The minimum absolute atomic E-state index is 0.302. The lowest BCUT2D eigenvalue weighted by molar-refractivity contribution is 0.163. The van der Waals surface area contributed by atoms with Gasteiger partial charge in [-0.25, -0.2) is 4.98 Å². The zero-order chi connectivity index (χ0) is 15.0. The average molecular weight is 281 g/mol. The number of aromatic nitrogens is 2. The molecule has 0 saturated carbocycles. The molecule has 2 atom stereocenters. The highest BCUT2D eigenvalue weighted by atomic mass is 16.5. The van der Waals surface area contributed by atoms with Gasteiger partial charge in [-0.1, -0.05) is 32.6 Å². The smallest absolute Gasteiger partial charge is 0.203 e. The zero-order valence-corrected chi connectivity index (χ0v) is 13.8. The summed E-state index contributed by atoms with van der Waals surface area (Å²) in [5.41, 5.74) is 1.05. The average Bonchev–Trinajstić information content (AvgIpc) is 2.76. The minimum Gasteiger partial charge on any atom is -0.383 e. The van der Waals surface area contributed by atoms with Crippen molar-refractivity contribution in [3.8, 4) is 0 Å². The van der Waals surface area contributed by atoms with Crippen LogP contribution < -0.4 is 5.32 Å². The standard InChI is InChI=1S/C16H31N3O/c1-6-7-8-9-10-13(2)17-16-18-14(3)11-19(16)15(4)12-20-5/h11,13,15H,6-10,12H2,1-5H3,(H,17,18). The van der Waals surface area contributed by atoms with E-state index in [0.29, 0.717) is 18.7 Å². The molecule has 1 aromatic rings. The fraction of sp³-hybridized carbons (Fsp3) is 0.812. The normalized spacial score (nSPS) is 14.2. The van der Waals surface area contributed by atoms with E-state index in [9.17, 15) is 0 Å². The van der Waals surface area contributed by atoms with E-state index < -0.39 is 0 Å². The Balaban J connectivity index is 2.53. The van der Waals surface area contributed by atoms with Gasteiger partial charge in [0.1, 0.15) is 0 Å². The molecule has 1 heterocycles. The van der Waals surface area contributed by atoms with Crippen LogP contribution in [0.15, 0.2) is 6.20 Å². The molecule has 0 bridgehead atoms. The van der Waals surface area contributed by atoms with Crippen LogP contribution in [0.4, 0.5) is 5.95 Å². The summed E-state index contributed by atoms with van der Waals surface area (Å²) in [4.78, 5) is 4.59. The van der Waals surface area contributed by atoms with Gasteiger partial charge in [0.15, 0.2) is 0 Å². The molecule has 1 N–H and O–H groups in total. The molecule has 0 radical (unpaired) electrons. The summed E-state index contributed by atoms with van der Waals surface area (Å²) >= 11 is 0. The highest BCUT2D eigenvalue weighted by Crippen LogP contribution is 2.18. The molecule has 0 aliphatic heterocycles.